The molecule has 0 radical (unpaired) electrons. The lowest BCUT2D eigenvalue weighted by molar-refractivity contribution is -0.274. The molecule has 2 N–H and O–H groups in total. The number of carbonyl (C=O) groups is 1. The Morgan fingerprint density at radius 1 is 1.31 bits per heavy atom. The number of aryl methyl sites for hydroxylation is 1. The van der Waals surface area contributed by atoms with E-state index in [0.29, 0.717) is 33.3 Å². The molecule has 1 atom stereocenters. The number of benzene rings is 2. The van der Waals surface area contributed by atoms with Crippen molar-refractivity contribution >= 4 is 16.9 Å². The van der Waals surface area contributed by atoms with Gasteiger partial charge in [0.1, 0.15) is 5.75 Å². The molecule has 1 heterocycles. The summed E-state index contributed by atoms with van der Waals surface area (Å²) >= 11 is 0. The number of carbonyl (C=O) groups excluding carboxylic acids is 1. The molecule has 1 amide bonds. The molecule has 0 aliphatic rings. The molecule has 6 nitrogen and oxygen atoms in total. The zero-order valence-electron chi connectivity index (χ0n) is 16.0. The Kier molecular flexibility index (Phi) is 5.52. The molecule has 154 valence electrons. The number of rotatable bonds is 5. The molecule has 3 rings (SSSR count). The van der Waals surface area contributed by atoms with Gasteiger partial charge >= 0.3 is 6.36 Å². The van der Waals surface area contributed by atoms with Crippen molar-refractivity contribution in [3.8, 4) is 16.9 Å². The van der Waals surface area contributed by atoms with Crippen LogP contribution >= 0.6 is 0 Å². The molecule has 9 heteroatoms. The number of alkyl halides is 3. The van der Waals surface area contributed by atoms with Crippen molar-refractivity contribution in [1.29, 1.82) is 0 Å². The summed E-state index contributed by atoms with van der Waals surface area (Å²) in [6, 6.07) is 7.26. The first kappa shape index (κ1) is 20.7. The van der Waals surface area contributed by atoms with Gasteiger partial charge in [0.2, 0.25) is 5.91 Å². The van der Waals surface area contributed by atoms with Crippen molar-refractivity contribution in [3.63, 3.8) is 0 Å². The van der Waals surface area contributed by atoms with Crippen LogP contribution in [0.1, 0.15) is 31.1 Å². The Morgan fingerprint density at radius 3 is 2.52 bits per heavy atom. The van der Waals surface area contributed by atoms with E-state index < -0.39 is 12.5 Å². The number of aliphatic hydroxyl groups excluding tert-OH is 1. The zero-order valence-corrected chi connectivity index (χ0v) is 16.0. The van der Waals surface area contributed by atoms with Crippen molar-refractivity contribution in [2.75, 3.05) is 0 Å². The Labute approximate surface area is 164 Å². The molecule has 1 unspecified atom stereocenters. The van der Waals surface area contributed by atoms with Crippen LogP contribution in [0, 0.1) is 0 Å². The molecule has 1 aromatic heterocycles. The molecule has 3 aromatic rings. The van der Waals surface area contributed by atoms with Crippen LogP contribution in [0.4, 0.5) is 13.2 Å². The van der Waals surface area contributed by atoms with Crippen LogP contribution in [-0.2, 0) is 18.4 Å². The van der Waals surface area contributed by atoms with Gasteiger partial charge in [0.05, 0.1) is 23.5 Å². The van der Waals surface area contributed by atoms with E-state index in [9.17, 15) is 23.1 Å². The summed E-state index contributed by atoms with van der Waals surface area (Å²) in [5, 5.41) is 13.1. The van der Waals surface area contributed by atoms with Crippen LogP contribution < -0.4 is 10.1 Å². The number of nitrogens with one attached hydrogen (secondary N) is 1. The molecule has 0 spiro atoms. The number of aromatic nitrogens is 2. The van der Waals surface area contributed by atoms with Gasteiger partial charge in [-0.1, -0.05) is 12.1 Å². The minimum Gasteiger partial charge on any atom is -0.406 e. The quantitative estimate of drug-likeness (QED) is 0.674. The first-order valence-corrected chi connectivity index (χ1v) is 8.82. The van der Waals surface area contributed by atoms with Crippen molar-refractivity contribution in [2.24, 2.45) is 7.05 Å². The van der Waals surface area contributed by atoms with E-state index in [2.05, 4.69) is 15.0 Å². The van der Waals surface area contributed by atoms with E-state index >= 15 is 0 Å². The SMILES string of the molecule is CC(=O)NCc1cc(-c2ccc(OC(F)(F)F)cc2)c2ncn(C)c2c1C(C)O. The second kappa shape index (κ2) is 7.75. The second-order valence-corrected chi connectivity index (χ2v) is 6.71. The van der Waals surface area contributed by atoms with Gasteiger partial charge in [-0.15, -0.1) is 13.2 Å². The van der Waals surface area contributed by atoms with E-state index in [1.807, 2.05) is 0 Å². The van der Waals surface area contributed by atoms with E-state index in [4.69, 9.17) is 0 Å². The molecule has 29 heavy (non-hydrogen) atoms. The number of fused-ring (bicyclic) bond motifs is 1. The van der Waals surface area contributed by atoms with Crippen LogP contribution in [0.3, 0.4) is 0 Å². The van der Waals surface area contributed by atoms with Gasteiger partial charge in [0.15, 0.2) is 0 Å². The fourth-order valence-electron chi connectivity index (χ4n) is 3.31. The third-order valence-electron chi connectivity index (χ3n) is 4.46. The monoisotopic (exact) mass is 407 g/mol. The Morgan fingerprint density at radius 2 is 1.97 bits per heavy atom. The van der Waals surface area contributed by atoms with E-state index in [1.54, 1.807) is 30.9 Å². The summed E-state index contributed by atoms with van der Waals surface area (Å²) in [4.78, 5) is 15.8. The minimum atomic E-state index is -4.76. The number of amides is 1. The highest BCUT2D eigenvalue weighted by Gasteiger charge is 2.31. The Balaban J connectivity index is 2.15. The highest BCUT2D eigenvalue weighted by atomic mass is 19.4. The molecule has 0 bridgehead atoms. The number of halogens is 3. The lowest BCUT2D eigenvalue weighted by Crippen LogP contribution is -2.20. The summed E-state index contributed by atoms with van der Waals surface area (Å²) < 4.78 is 42.9. The van der Waals surface area contributed by atoms with Crippen molar-refractivity contribution < 1.29 is 27.8 Å². The summed E-state index contributed by atoms with van der Waals surface area (Å²) in [6.45, 7) is 3.21. The van der Waals surface area contributed by atoms with Crippen LogP contribution in [0.5, 0.6) is 5.75 Å². The highest BCUT2D eigenvalue weighted by molar-refractivity contribution is 5.95. The largest absolute Gasteiger partial charge is 0.573 e. The maximum Gasteiger partial charge on any atom is 0.573 e. The number of hydrogen-bond donors (Lipinski definition) is 2. The molecular weight excluding hydrogens is 387 g/mol. The lowest BCUT2D eigenvalue weighted by Gasteiger charge is -2.18. The fraction of sp³-hybridized carbons (Fsp3) is 0.300. The topological polar surface area (TPSA) is 76.4 Å². The third-order valence-corrected chi connectivity index (χ3v) is 4.46. The first-order chi connectivity index (χ1) is 13.6. The number of aliphatic hydroxyl groups is 1. The van der Waals surface area contributed by atoms with E-state index in [0.717, 1.165) is 0 Å². The fourth-order valence-corrected chi connectivity index (χ4v) is 3.31. The molecule has 0 fully saturated rings. The molecule has 0 saturated heterocycles. The van der Waals surface area contributed by atoms with Crippen LogP contribution in [0.25, 0.3) is 22.2 Å². The van der Waals surface area contributed by atoms with E-state index in [1.165, 1.54) is 31.2 Å². The molecule has 0 aliphatic carbocycles. The van der Waals surface area contributed by atoms with Crippen LogP contribution in [0.15, 0.2) is 36.7 Å². The van der Waals surface area contributed by atoms with Gasteiger partial charge < -0.3 is 19.7 Å². The lowest BCUT2D eigenvalue weighted by atomic mass is 9.94. The number of imidazole rings is 1. The van der Waals surface area contributed by atoms with Crippen molar-refractivity contribution in [3.05, 3.63) is 47.8 Å². The van der Waals surface area contributed by atoms with Crippen molar-refractivity contribution in [1.82, 2.24) is 14.9 Å². The number of nitrogens with zero attached hydrogens (tertiary/aromatic N) is 2. The van der Waals surface area contributed by atoms with Crippen LogP contribution in [0.2, 0.25) is 0 Å². The average Bonchev–Trinajstić information content (AvgIpc) is 3.00. The smallest absolute Gasteiger partial charge is 0.406 e. The van der Waals surface area contributed by atoms with Gasteiger partial charge in [-0.05, 0) is 36.2 Å². The van der Waals surface area contributed by atoms with Gasteiger partial charge in [-0.25, -0.2) is 4.98 Å². The van der Waals surface area contributed by atoms with E-state index in [-0.39, 0.29) is 18.2 Å². The first-order valence-electron chi connectivity index (χ1n) is 8.82. The molecule has 0 aliphatic heterocycles. The number of ether oxygens (including phenoxy) is 1. The molecule has 2 aromatic carbocycles. The summed E-state index contributed by atoms with van der Waals surface area (Å²) in [5.41, 5.74) is 3.91. The van der Waals surface area contributed by atoms with Gasteiger partial charge in [0, 0.05) is 31.6 Å². The highest BCUT2D eigenvalue weighted by Crippen LogP contribution is 2.36. The maximum atomic E-state index is 12.4. The van der Waals surface area contributed by atoms with Crippen molar-refractivity contribution in [2.45, 2.75) is 32.9 Å². The molecular formula is C20H20F3N3O3. The minimum absolute atomic E-state index is 0.193. The van der Waals surface area contributed by atoms with Crippen LogP contribution in [-0.4, -0.2) is 26.9 Å². The predicted octanol–water partition coefficient (Wildman–Crippen LogP) is 3.83. The predicted molar refractivity (Wildman–Crippen MR) is 101 cm³/mol. The molecule has 0 saturated carbocycles. The average molecular weight is 407 g/mol. The standard InChI is InChI=1S/C20H20F3N3O3/c1-11(27)17-14(9-24-12(2)28)8-16(18-19(17)26(3)10-25-18)13-4-6-15(7-5-13)29-20(21,22)23/h4-8,10-11,27H,9H2,1-3H3,(H,24,28). The van der Waals surface area contributed by atoms with Gasteiger partial charge in [-0.2, -0.15) is 0 Å². The Hall–Kier alpha value is -3.07. The summed E-state index contributed by atoms with van der Waals surface area (Å²) in [7, 11) is 1.79. The van der Waals surface area contributed by atoms with Gasteiger partial charge in [0.25, 0.3) is 0 Å². The summed E-state index contributed by atoms with van der Waals surface area (Å²) in [5.74, 6) is -0.542. The zero-order chi connectivity index (χ0) is 21.3. The third kappa shape index (κ3) is 4.51. The Bertz CT molecular complexity index is 1040. The number of hydrogen-bond acceptors (Lipinski definition) is 4. The maximum absolute atomic E-state index is 12.4. The second-order valence-electron chi connectivity index (χ2n) is 6.71. The summed E-state index contributed by atoms with van der Waals surface area (Å²) in [6.07, 6.45) is -3.97. The normalized spacial score (nSPS) is 12.8. The van der Waals surface area contributed by atoms with Gasteiger partial charge in [-0.3, -0.25) is 4.79 Å².